The van der Waals surface area contributed by atoms with E-state index in [0.29, 0.717) is 0 Å². The van der Waals surface area contributed by atoms with Gasteiger partial charge in [-0.3, -0.25) is 4.79 Å². The summed E-state index contributed by atoms with van der Waals surface area (Å²) < 4.78 is 0. The van der Waals surface area contributed by atoms with Crippen LogP contribution in [0.2, 0.25) is 0 Å². The lowest BCUT2D eigenvalue weighted by atomic mass is 9.90. The first-order valence-corrected chi connectivity index (χ1v) is 7.19. The molecule has 0 atom stereocenters. The Morgan fingerprint density at radius 1 is 1.10 bits per heavy atom. The van der Waals surface area contributed by atoms with E-state index in [1.165, 1.54) is 0 Å². The Balaban J connectivity index is 1.89. The van der Waals surface area contributed by atoms with Crippen LogP contribution >= 0.6 is 0 Å². The van der Waals surface area contributed by atoms with Crippen molar-refractivity contribution in [3.63, 3.8) is 0 Å². The maximum absolute atomic E-state index is 12.6. The van der Waals surface area contributed by atoms with Crippen LogP contribution in [0, 0.1) is 0 Å². The molecule has 1 aliphatic rings. The quantitative estimate of drug-likeness (QED) is 0.879. The molecule has 0 unspecified atom stereocenters. The Morgan fingerprint density at radius 3 is 2.60 bits per heavy atom. The molecule has 0 aromatic heterocycles. The van der Waals surface area contributed by atoms with E-state index in [4.69, 9.17) is 0 Å². The van der Waals surface area contributed by atoms with E-state index in [0.717, 1.165) is 42.3 Å². The molecule has 0 aliphatic carbocycles. The van der Waals surface area contributed by atoms with E-state index in [1.807, 2.05) is 42.5 Å². The summed E-state index contributed by atoms with van der Waals surface area (Å²) in [6.45, 7) is 4.06. The number of hydrogen-bond acceptors (Lipinski definition) is 2. The normalized spacial score (nSPS) is 17.9. The lowest BCUT2D eigenvalue weighted by Gasteiger charge is -2.35. The van der Waals surface area contributed by atoms with Gasteiger partial charge in [0.2, 0.25) is 0 Å². The Kier molecular flexibility index (Phi) is 3.45. The first kappa shape index (κ1) is 13.1. The van der Waals surface area contributed by atoms with Crippen molar-refractivity contribution in [2.45, 2.75) is 25.3 Å². The van der Waals surface area contributed by atoms with Gasteiger partial charge in [0.15, 0.2) is 0 Å². The van der Waals surface area contributed by atoms with Crippen LogP contribution in [0.4, 0.5) is 0 Å². The molecule has 0 radical (unpaired) electrons. The molecular weight excluding hydrogens is 248 g/mol. The zero-order valence-electron chi connectivity index (χ0n) is 11.8. The Bertz CT molecular complexity index is 624. The average Bonchev–Trinajstić information content (AvgIpc) is 2.47. The lowest BCUT2D eigenvalue weighted by Crippen LogP contribution is -2.52. The summed E-state index contributed by atoms with van der Waals surface area (Å²) >= 11 is 0. The van der Waals surface area contributed by atoms with Crippen LogP contribution in [-0.2, 0) is 0 Å². The molecule has 3 heteroatoms. The third-order valence-electron chi connectivity index (χ3n) is 4.16. The van der Waals surface area contributed by atoms with E-state index in [9.17, 15) is 4.79 Å². The van der Waals surface area contributed by atoms with Crippen molar-refractivity contribution in [3.8, 4) is 0 Å². The van der Waals surface area contributed by atoms with Gasteiger partial charge in [0, 0.05) is 11.1 Å². The molecular formula is C17H20N2O. The topological polar surface area (TPSA) is 41.1 Å². The molecule has 1 fully saturated rings. The van der Waals surface area contributed by atoms with Crippen LogP contribution in [0.1, 0.15) is 30.1 Å². The molecule has 3 nitrogen and oxygen atoms in total. The minimum Gasteiger partial charge on any atom is -0.347 e. The zero-order valence-corrected chi connectivity index (χ0v) is 11.8. The van der Waals surface area contributed by atoms with E-state index in [2.05, 4.69) is 17.6 Å². The number of amides is 1. The summed E-state index contributed by atoms with van der Waals surface area (Å²) in [4.78, 5) is 12.6. The van der Waals surface area contributed by atoms with E-state index in [-0.39, 0.29) is 11.4 Å². The summed E-state index contributed by atoms with van der Waals surface area (Å²) in [5.74, 6) is 0.0335. The second kappa shape index (κ2) is 5.25. The molecule has 0 bridgehead atoms. The molecule has 0 saturated carbocycles. The van der Waals surface area contributed by atoms with Gasteiger partial charge in [-0.1, -0.05) is 36.4 Å². The fourth-order valence-electron chi connectivity index (χ4n) is 2.87. The van der Waals surface area contributed by atoms with Crippen LogP contribution in [0.3, 0.4) is 0 Å². The highest BCUT2D eigenvalue weighted by molar-refractivity contribution is 6.07. The summed E-state index contributed by atoms with van der Waals surface area (Å²) in [6, 6.07) is 13.9. The molecule has 1 aliphatic heterocycles. The standard InChI is InChI=1S/C17H20N2O/c1-17(9-11-18-12-10-17)19-16(20)15-8-4-6-13-5-2-3-7-14(13)15/h2-8,18H,9-12H2,1H3,(H,19,20). The summed E-state index contributed by atoms with van der Waals surface area (Å²) in [5, 5.41) is 8.68. The Hall–Kier alpha value is -1.87. The summed E-state index contributed by atoms with van der Waals surface area (Å²) in [5.41, 5.74) is 0.669. The summed E-state index contributed by atoms with van der Waals surface area (Å²) in [7, 11) is 0. The van der Waals surface area contributed by atoms with Crippen molar-refractivity contribution in [1.82, 2.24) is 10.6 Å². The summed E-state index contributed by atoms with van der Waals surface area (Å²) in [6.07, 6.45) is 1.95. The van der Waals surface area contributed by atoms with Crippen LogP contribution < -0.4 is 10.6 Å². The first-order chi connectivity index (χ1) is 9.68. The van der Waals surface area contributed by atoms with Gasteiger partial charge in [0.1, 0.15) is 0 Å². The number of nitrogens with one attached hydrogen (secondary N) is 2. The van der Waals surface area contributed by atoms with Crippen LogP contribution in [0.5, 0.6) is 0 Å². The number of carbonyl (C=O) groups is 1. The predicted molar refractivity (Wildman–Crippen MR) is 81.9 cm³/mol. The molecule has 1 heterocycles. The number of hydrogen-bond donors (Lipinski definition) is 2. The van der Waals surface area contributed by atoms with Gasteiger partial charge in [-0.15, -0.1) is 0 Å². The van der Waals surface area contributed by atoms with Gasteiger partial charge >= 0.3 is 0 Å². The number of carbonyl (C=O) groups excluding carboxylic acids is 1. The highest BCUT2D eigenvalue weighted by Gasteiger charge is 2.28. The zero-order chi connectivity index (χ0) is 14.0. The fraction of sp³-hybridized carbons (Fsp3) is 0.353. The van der Waals surface area contributed by atoms with Crippen LogP contribution in [-0.4, -0.2) is 24.5 Å². The van der Waals surface area contributed by atoms with Crippen molar-refractivity contribution in [2.24, 2.45) is 0 Å². The lowest BCUT2D eigenvalue weighted by molar-refractivity contribution is 0.0889. The van der Waals surface area contributed by atoms with Crippen LogP contribution in [0.15, 0.2) is 42.5 Å². The minimum atomic E-state index is -0.0979. The van der Waals surface area contributed by atoms with Crippen molar-refractivity contribution < 1.29 is 4.79 Å². The van der Waals surface area contributed by atoms with Crippen molar-refractivity contribution in [3.05, 3.63) is 48.0 Å². The number of fused-ring (bicyclic) bond motifs is 1. The first-order valence-electron chi connectivity index (χ1n) is 7.19. The molecule has 20 heavy (non-hydrogen) atoms. The highest BCUT2D eigenvalue weighted by atomic mass is 16.1. The van der Waals surface area contributed by atoms with E-state index >= 15 is 0 Å². The molecule has 2 N–H and O–H groups in total. The van der Waals surface area contributed by atoms with Gasteiger partial charge < -0.3 is 10.6 Å². The molecule has 1 saturated heterocycles. The fourth-order valence-corrected chi connectivity index (χ4v) is 2.87. The Labute approximate surface area is 119 Å². The molecule has 2 aromatic carbocycles. The minimum absolute atomic E-state index is 0.0335. The maximum atomic E-state index is 12.6. The van der Waals surface area contributed by atoms with Gasteiger partial charge in [-0.25, -0.2) is 0 Å². The molecule has 2 aromatic rings. The molecule has 1 amide bonds. The molecule has 0 spiro atoms. The monoisotopic (exact) mass is 268 g/mol. The van der Waals surface area contributed by atoms with Crippen molar-refractivity contribution in [2.75, 3.05) is 13.1 Å². The van der Waals surface area contributed by atoms with E-state index < -0.39 is 0 Å². The third kappa shape index (κ3) is 2.54. The van der Waals surface area contributed by atoms with Crippen molar-refractivity contribution in [1.29, 1.82) is 0 Å². The highest BCUT2D eigenvalue weighted by Crippen LogP contribution is 2.21. The van der Waals surface area contributed by atoms with Gasteiger partial charge in [-0.2, -0.15) is 0 Å². The number of rotatable bonds is 2. The predicted octanol–water partition coefficient (Wildman–Crippen LogP) is 2.71. The Morgan fingerprint density at radius 2 is 1.80 bits per heavy atom. The maximum Gasteiger partial charge on any atom is 0.252 e. The van der Waals surface area contributed by atoms with E-state index in [1.54, 1.807) is 0 Å². The smallest absolute Gasteiger partial charge is 0.252 e. The second-order valence-electron chi connectivity index (χ2n) is 5.79. The molecule has 104 valence electrons. The SMILES string of the molecule is CC1(NC(=O)c2cccc3ccccc23)CCNCC1. The van der Waals surface area contributed by atoms with Gasteiger partial charge in [0.25, 0.3) is 5.91 Å². The van der Waals surface area contributed by atoms with Crippen molar-refractivity contribution >= 4 is 16.7 Å². The molecule has 3 rings (SSSR count). The average molecular weight is 268 g/mol. The van der Waals surface area contributed by atoms with Gasteiger partial charge in [-0.05, 0) is 49.7 Å². The number of benzene rings is 2. The number of piperidine rings is 1. The third-order valence-corrected chi connectivity index (χ3v) is 4.16. The second-order valence-corrected chi connectivity index (χ2v) is 5.79. The largest absolute Gasteiger partial charge is 0.347 e. The van der Waals surface area contributed by atoms with Crippen LogP contribution in [0.25, 0.3) is 10.8 Å². The van der Waals surface area contributed by atoms with Gasteiger partial charge in [0.05, 0.1) is 0 Å².